The van der Waals surface area contributed by atoms with Crippen LogP contribution in [0.15, 0.2) is 0 Å². The molecule has 1 saturated carbocycles. The van der Waals surface area contributed by atoms with Crippen LogP contribution in [-0.4, -0.2) is 0 Å². The average molecular weight is 247 g/mol. The maximum atomic E-state index is 1.50. The molecule has 0 heterocycles. The van der Waals surface area contributed by atoms with Crippen LogP contribution in [0.2, 0.25) is 0 Å². The molecule has 1 fully saturated rings. The Bertz CT molecular complexity index is 64.0. The van der Waals surface area contributed by atoms with E-state index in [1.807, 2.05) is 0 Å². The Hall–Kier alpha value is 0.290. The van der Waals surface area contributed by atoms with Crippen LogP contribution in [0.4, 0.5) is 0 Å². The summed E-state index contributed by atoms with van der Waals surface area (Å²) in [6, 6.07) is 0. The highest BCUT2D eigenvalue weighted by atomic mass is 35.5. The van der Waals surface area contributed by atoms with Crippen molar-refractivity contribution in [3.63, 3.8) is 0 Å². The molecule has 16 heavy (non-hydrogen) atoms. The summed E-state index contributed by atoms with van der Waals surface area (Å²) < 4.78 is 0. The van der Waals surface area contributed by atoms with Crippen LogP contribution in [0.1, 0.15) is 96.3 Å². The van der Waals surface area contributed by atoms with Crippen LogP contribution in [0, 0.1) is 0 Å². The van der Waals surface area contributed by atoms with Crippen LogP contribution in [0.25, 0.3) is 0 Å². The summed E-state index contributed by atoms with van der Waals surface area (Å²) in [5, 5.41) is 0. The van der Waals surface area contributed by atoms with Crippen LogP contribution in [-0.2, 0) is 0 Å². The molecule has 0 spiro atoms. The molecule has 0 bridgehead atoms. The highest BCUT2D eigenvalue weighted by Gasteiger charge is 1.96. The van der Waals surface area contributed by atoms with E-state index >= 15 is 0 Å². The molecular weight excluding hydrogens is 216 g/mol. The van der Waals surface area contributed by atoms with Crippen LogP contribution < -0.4 is 0 Å². The summed E-state index contributed by atoms with van der Waals surface area (Å²) in [5.41, 5.74) is 0. The van der Waals surface area contributed by atoms with Crippen molar-refractivity contribution >= 4 is 12.4 Å². The van der Waals surface area contributed by atoms with Gasteiger partial charge < -0.3 is 0 Å². The normalized spacial score (nSPS) is 22.5. The number of hydrogen-bond acceptors (Lipinski definition) is 0. The number of halogens is 1. The van der Waals surface area contributed by atoms with Crippen molar-refractivity contribution in [2.75, 3.05) is 0 Å². The molecule has 1 rings (SSSR count). The van der Waals surface area contributed by atoms with Gasteiger partial charge in [-0.1, -0.05) is 96.3 Å². The molecule has 0 aromatic heterocycles. The van der Waals surface area contributed by atoms with E-state index in [4.69, 9.17) is 0 Å². The molecule has 98 valence electrons. The zero-order chi connectivity index (χ0) is 10.6. The Labute approximate surface area is 109 Å². The van der Waals surface area contributed by atoms with Gasteiger partial charge >= 0.3 is 0 Å². The molecule has 1 aliphatic rings. The first-order valence-corrected chi connectivity index (χ1v) is 7.50. The molecule has 0 atom stereocenters. The Kier molecular flexibility index (Phi) is 13.6. The monoisotopic (exact) mass is 246 g/mol. The van der Waals surface area contributed by atoms with E-state index in [0.717, 1.165) is 0 Å². The van der Waals surface area contributed by atoms with Gasteiger partial charge in [0.15, 0.2) is 0 Å². The van der Waals surface area contributed by atoms with E-state index in [1.54, 1.807) is 0 Å². The minimum Gasteiger partial charge on any atom is -0.147 e. The van der Waals surface area contributed by atoms with Gasteiger partial charge in [-0.3, -0.25) is 0 Å². The first-order chi connectivity index (χ1) is 7.50. The Balaban J connectivity index is 0.00000225. The maximum Gasteiger partial charge on any atom is -0.0533 e. The molecule has 0 aromatic rings. The van der Waals surface area contributed by atoms with Crippen molar-refractivity contribution in [1.82, 2.24) is 0 Å². The van der Waals surface area contributed by atoms with Crippen molar-refractivity contribution in [3.05, 3.63) is 0 Å². The second-order valence-corrected chi connectivity index (χ2v) is 5.30. The van der Waals surface area contributed by atoms with Gasteiger partial charge in [0.25, 0.3) is 0 Å². The minimum absolute atomic E-state index is 0. The van der Waals surface area contributed by atoms with E-state index < -0.39 is 0 Å². The summed E-state index contributed by atoms with van der Waals surface area (Å²) >= 11 is 0. The van der Waals surface area contributed by atoms with Gasteiger partial charge in [0, 0.05) is 0 Å². The molecular formula is C15H31Cl. The zero-order valence-corrected chi connectivity index (χ0v) is 11.8. The van der Waals surface area contributed by atoms with Crippen molar-refractivity contribution < 1.29 is 0 Å². The third-order valence-corrected chi connectivity index (χ3v) is 3.75. The zero-order valence-electron chi connectivity index (χ0n) is 11.0. The molecule has 0 amide bonds. The predicted octanol–water partition coefficient (Wildman–Crippen LogP) is 6.27. The van der Waals surface area contributed by atoms with E-state index in [2.05, 4.69) is 0 Å². The highest BCUT2D eigenvalue weighted by Crippen LogP contribution is 2.16. The first kappa shape index (κ1) is 16.3. The first-order valence-electron chi connectivity index (χ1n) is 7.50. The lowest BCUT2D eigenvalue weighted by Gasteiger charge is -2.01. The van der Waals surface area contributed by atoms with Crippen molar-refractivity contribution in [2.45, 2.75) is 96.3 Å². The number of rotatable bonds is 0. The highest BCUT2D eigenvalue weighted by molar-refractivity contribution is 5.85. The van der Waals surface area contributed by atoms with Gasteiger partial charge in [0.2, 0.25) is 0 Å². The summed E-state index contributed by atoms with van der Waals surface area (Å²) in [6.45, 7) is 0. The smallest absolute Gasteiger partial charge is 0.0533 e. The molecule has 0 aliphatic heterocycles. The molecule has 0 unspecified atom stereocenters. The van der Waals surface area contributed by atoms with Crippen molar-refractivity contribution in [2.24, 2.45) is 0 Å². The molecule has 0 N–H and O–H groups in total. The lowest BCUT2D eigenvalue weighted by atomic mass is 10.1. The molecule has 0 nitrogen and oxygen atoms in total. The lowest BCUT2D eigenvalue weighted by Crippen LogP contribution is -1.81. The van der Waals surface area contributed by atoms with E-state index in [9.17, 15) is 0 Å². The summed E-state index contributed by atoms with van der Waals surface area (Å²) in [7, 11) is 0. The second-order valence-electron chi connectivity index (χ2n) is 5.30. The Morgan fingerprint density at radius 3 is 0.312 bits per heavy atom. The second kappa shape index (κ2) is 13.4. The average Bonchev–Trinajstić information content (AvgIpc) is 2.27. The Morgan fingerprint density at radius 1 is 0.188 bits per heavy atom. The maximum absolute atomic E-state index is 1.50. The molecule has 0 aromatic carbocycles. The van der Waals surface area contributed by atoms with Gasteiger partial charge in [0.05, 0.1) is 0 Å². The third-order valence-electron chi connectivity index (χ3n) is 3.75. The van der Waals surface area contributed by atoms with Gasteiger partial charge in [-0.15, -0.1) is 12.4 Å². The van der Waals surface area contributed by atoms with Crippen LogP contribution in [0.5, 0.6) is 0 Å². The van der Waals surface area contributed by atoms with Crippen LogP contribution >= 0.6 is 12.4 Å². The lowest BCUT2D eigenvalue weighted by molar-refractivity contribution is 0.548. The fourth-order valence-electron chi connectivity index (χ4n) is 2.65. The van der Waals surface area contributed by atoms with Gasteiger partial charge in [-0.2, -0.15) is 0 Å². The van der Waals surface area contributed by atoms with E-state index in [1.165, 1.54) is 96.3 Å². The minimum atomic E-state index is 0. The van der Waals surface area contributed by atoms with Gasteiger partial charge in [0.1, 0.15) is 0 Å². The van der Waals surface area contributed by atoms with Crippen molar-refractivity contribution in [1.29, 1.82) is 0 Å². The SMILES string of the molecule is C1CCCCCCCCCCCCCC1.Cl. The number of hydrogen-bond donors (Lipinski definition) is 0. The standard InChI is InChI=1S/C15H30.ClH/c1-2-4-6-8-10-12-14-15-13-11-9-7-5-3-1;/h1-15H2;1H. The predicted molar refractivity (Wildman–Crippen MR) is 76.5 cm³/mol. The third kappa shape index (κ3) is 10.8. The molecule has 0 saturated heterocycles. The Morgan fingerprint density at radius 2 is 0.250 bits per heavy atom. The van der Waals surface area contributed by atoms with Crippen molar-refractivity contribution in [3.8, 4) is 0 Å². The van der Waals surface area contributed by atoms with E-state index in [0.29, 0.717) is 0 Å². The van der Waals surface area contributed by atoms with Crippen LogP contribution in [0.3, 0.4) is 0 Å². The van der Waals surface area contributed by atoms with E-state index in [-0.39, 0.29) is 12.4 Å². The molecule has 1 aliphatic carbocycles. The summed E-state index contributed by atoms with van der Waals surface area (Å²) in [5.74, 6) is 0. The molecule has 0 radical (unpaired) electrons. The molecule has 1 heteroatoms. The fraction of sp³-hybridized carbons (Fsp3) is 1.00. The fourth-order valence-corrected chi connectivity index (χ4v) is 2.65. The largest absolute Gasteiger partial charge is 0.147 e. The summed E-state index contributed by atoms with van der Waals surface area (Å²) in [4.78, 5) is 0. The topological polar surface area (TPSA) is 0 Å². The van der Waals surface area contributed by atoms with Gasteiger partial charge in [-0.25, -0.2) is 0 Å². The van der Waals surface area contributed by atoms with Gasteiger partial charge in [-0.05, 0) is 0 Å². The quantitative estimate of drug-likeness (QED) is 0.472. The summed E-state index contributed by atoms with van der Waals surface area (Å²) in [6.07, 6.45) is 22.5.